The Morgan fingerprint density at radius 2 is 1.93 bits per heavy atom. The van der Waals surface area contributed by atoms with Gasteiger partial charge in [-0.05, 0) is 18.8 Å². The number of hydrogen-bond donors (Lipinski definition) is 1. The second-order valence-corrected chi connectivity index (χ2v) is 3.97. The lowest BCUT2D eigenvalue weighted by Gasteiger charge is -2.15. The Morgan fingerprint density at radius 3 is 2.40 bits per heavy atom. The van der Waals surface area contributed by atoms with Crippen LogP contribution in [0.2, 0.25) is 0 Å². The molecule has 86 valence electrons. The Hall–Kier alpha value is -1.32. The molecular formula is C11H19NO3. The number of aliphatic carboxylic acids is 1. The minimum absolute atomic E-state index is 0.263. The number of carbonyl (C=O) groups is 2. The van der Waals surface area contributed by atoms with Gasteiger partial charge >= 0.3 is 5.97 Å². The fraction of sp³-hybridized carbons (Fsp3) is 0.636. The van der Waals surface area contributed by atoms with Crippen molar-refractivity contribution >= 4 is 11.9 Å². The van der Waals surface area contributed by atoms with Gasteiger partial charge in [-0.2, -0.15) is 0 Å². The monoisotopic (exact) mass is 213 g/mol. The largest absolute Gasteiger partial charge is 0.478 e. The average molecular weight is 213 g/mol. The van der Waals surface area contributed by atoms with Crippen molar-refractivity contribution < 1.29 is 14.7 Å². The predicted molar refractivity (Wildman–Crippen MR) is 58.5 cm³/mol. The van der Waals surface area contributed by atoms with E-state index in [1.165, 1.54) is 4.90 Å². The number of carbonyl (C=O) groups excluding carboxylic acids is 1. The average Bonchev–Trinajstić information content (AvgIpc) is 2.13. The van der Waals surface area contributed by atoms with Crippen LogP contribution in [0.5, 0.6) is 0 Å². The van der Waals surface area contributed by atoms with Crippen molar-refractivity contribution in [3.05, 3.63) is 12.2 Å². The number of rotatable bonds is 6. The molecule has 0 saturated heterocycles. The summed E-state index contributed by atoms with van der Waals surface area (Å²) in [6.07, 6.45) is 3.96. The van der Waals surface area contributed by atoms with Crippen molar-refractivity contribution in [2.45, 2.75) is 26.7 Å². The molecule has 0 aromatic rings. The molecule has 0 aromatic heterocycles. The minimum atomic E-state index is -1.10. The smallest absolute Gasteiger partial charge is 0.328 e. The number of nitrogens with zero attached hydrogens (tertiary/aromatic N) is 1. The summed E-state index contributed by atoms with van der Waals surface area (Å²) < 4.78 is 0. The van der Waals surface area contributed by atoms with Crippen LogP contribution in [0.1, 0.15) is 26.7 Å². The van der Waals surface area contributed by atoms with E-state index in [1.54, 1.807) is 7.05 Å². The highest BCUT2D eigenvalue weighted by molar-refractivity contribution is 5.93. The SMILES string of the molecule is CC(C)CCCN(C)C(=O)/C=C/C(=O)O. The Bertz CT molecular complexity index is 246. The standard InChI is InChI=1S/C11H19NO3/c1-9(2)5-4-8-12(3)10(13)6-7-11(14)15/h6-7,9H,4-5,8H2,1-3H3,(H,14,15)/b7-6+. The van der Waals surface area contributed by atoms with Crippen LogP contribution in [0.15, 0.2) is 12.2 Å². The maximum absolute atomic E-state index is 11.3. The first kappa shape index (κ1) is 13.7. The summed E-state index contributed by atoms with van der Waals surface area (Å²) in [4.78, 5) is 23.0. The van der Waals surface area contributed by atoms with Gasteiger partial charge in [-0.15, -0.1) is 0 Å². The fourth-order valence-electron chi connectivity index (χ4n) is 1.12. The third-order valence-electron chi connectivity index (χ3n) is 2.02. The third kappa shape index (κ3) is 7.73. The summed E-state index contributed by atoms with van der Waals surface area (Å²) in [5, 5.41) is 8.34. The number of likely N-dealkylation sites (N-methyl/N-ethyl adjacent to an activating group) is 1. The van der Waals surface area contributed by atoms with E-state index in [-0.39, 0.29) is 5.91 Å². The zero-order valence-electron chi connectivity index (χ0n) is 9.56. The predicted octanol–water partition coefficient (Wildman–Crippen LogP) is 1.52. The third-order valence-corrected chi connectivity index (χ3v) is 2.02. The van der Waals surface area contributed by atoms with Crippen molar-refractivity contribution in [2.75, 3.05) is 13.6 Å². The Labute approximate surface area is 90.6 Å². The topological polar surface area (TPSA) is 57.6 Å². The molecule has 0 aliphatic carbocycles. The van der Waals surface area contributed by atoms with Crippen LogP contribution >= 0.6 is 0 Å². The Morgan fingerprint density at radius 1 is 1.33 bits per heavy atom. The van der Waals surface area contributed by atoms with E-state index in [0.717, 1.165) is 25.0 Å². The van der Waals surface area contributed by atoms with Crippen LogP contribution in [-0.2, 0) is 9.59 Å². The maximum Gasteiger partial charge on any atom is 0.328 e. The van der Waals surface area contributed by atoms with Crippen LogP contribution in [0.25, 0.3) is 0 Å². The quantitative estimate of drug-likeness (QED) is 0.680. The fourth-order valence-corrected chi connectivity index (χ4v) is 1.12. The molecule has 0 bridgehead atoms. The minimum Gasteiger partial charge on any atom is -0.478 e. The molecule has 0 unspecified atom stereocenters. The molecule has 1 N–H and O–H groups in total. The lowest BCUT2D eigenvalue weighted by atomic mass is 10.1. The van der Waals surface area contributed by atoms with Crippen LogP contribution in [0, 0.1) is 5.92 Å². The normalized spacial score (nSPS) is 10.9. The van der Waals surface area contributed by atoms with Crippen molar-refractivity contribution in [3.8, 4) is 0 Å². The van der Waals surface area contributed by atoms with Crippen LogP contribution in [-0.4, -0.2) is 35.5 Å². The van der Waals surface area contributed by atoms with E-state index >= 15 is 0 Å². The molecule has 0 fully saturated rings. The van der Waals surface area contributed by atoms with Gasteiger partial charge in [0, 0.05) is 25.7 Å². The van der Waals surface area contributed by atoms with E-state index in [9.17, 15) is 9.59 Å². The molecule has 0 rings (SSSR count). The van der Waals surface area contributed by atoms with Gasteiger partial charge in [0.2, 0.25) is 5.91 Å². The molecule has 4 heteroatoms. The first-order valence-electron chi connectivity index (χ1n) is 5.09. The van der Waals surface area contributed by atoms with Crippen molar-refractivity contribution in [2.24, 2.45) is 5.92 Å². The van der Waals surface area contributed by atoms with Gasteiger partial charge in [-0.1, -0.05) is 13.8 Å². The van der Waals surface area contributed by atoms with Gasteiger partial charge in [0.15, 0.2) is 0 Å². The summed E-state index contributed by atoms with van der Waals surface area (Å²) in [6, 6.07) is 0. The molecule has 0 radical (unpaired) electrons. The van der Waals surface area contributed by atoms with Crippen LogP contribution < -0.4 is 0 Å². The van der Waals surface area contributed by atoms with Gasteiger partial charge in [-0.3, -0.25) is 4.79 Å². The number of amides is 1. The first-order valence-corrected chi connectivity index (χ1v) is 5.09. The number of carboxylic acids is 1. The van der Waals surface area contributed by atoms with E-state index in [0.29, 0.717) is 12.5 Å². The van der Waals surface area contributed by atoms with Gasteiger partial charge in [0.1, 0.15) is 0 Å². The zero-order valence-corrected chi connectivity index (χ0v) is 9.56. The van der Waals surface area contributed by atoms with Crippen LogP contribution in [0.3, 0.4) is 0 Å². The molecule has 0 aromatic carbocycles. The van der Waals surface area contributed by atoms with E-state index < -0.39 is 5.97 Å². The molecule has 0 atom stereocenters. The molecule has 4 nitrogen and oxygen atoms in total. The molecule has 15 heavy (non-hydrogen) atoms. The van der Waals surface area contributed by atoms with Gasteiger partial charge in [0.25, 0.3) is 0 Å². The van der Waals surface area contributed by atoms with E-state index in [2.05, 4.69) is 13.8 Å². The Kier molecular flexibility index (Phi) is 6.42. The Balaban J connectivity index is 3.84. The van der Waals surface area contributed by atoms with Gasteiger partial charge in [-0.25, -0.2) is 4.79 Å². The summed E-state index contributed by atoms with van der Waals surface area (Å²) in [6.45, 7) is 4.93. The highest BCUT2D eigenvalue weighted by Gasteiger charge is 2.05. The molecule has 0 heterocycles. The molecule has 0 aliphatic rings. The van der Waals surface area contributed by atoms with Crippen molar-refractivity contribution in [3.63, 3.8) is 0 Å². The second kappa shape index (κ2) is 7.04. The number of carboxylic acid groups (broad SMARTS) is 1. The summed E-state index contributed by atoms with van der Waals surface area (Å²) in [5.74, 6) is -0.733. The lowest BCUT2D eigenvalue weighted by molar-refractivity contribution is -0.132. The first-order chi connectivity index (χ1) is 6.93. The zero-order chi connectivity index (χ0) is 11.8. The second-order valence-electron chi connectivity index (χ2n) is 3.97. The summed E-state index contributed by atoms with van der Waals surface area (Å²) in [7, 11) is 1.68. The van der Waals surface area contributed by atoms with Crippen molar-refractivity contribution in [1.29, 1.82) is 0 Å². The van der Waals surface area contributed by atoms with Crippen LogP contribution in [0.4, 0.5) is 0 Å². The maximum atomic E-state index is 11.3. The van der Waals surface area contributed by atoms with E-state index in [4.69, 9.17) is 5.11 Å². The highest BCUT2D eigenvalue weighted by Crippen LogP contribution is 2.04. The molecule has 1 amide bonds. The van der Waals surface area contributed by atoms with Gasteiger partial charge in [0.05, 0.1) is 0 Å². The van der Waals surface area contributed by atoms with Gasteiger partial charge < -0.3 is 10.0 Å². The highest BCUT2D eigenvalue weighted by atomic mass is 16.4. The molecule has 0 aliphatic heterocycles. The summed E-state index contributed by atoms with van der Waals surface area (Å²) in [5.41, 5.74) is 0. The molecule has 0 saturated carbocycles. The summed E-state index contributed by atoms with van der Waals surface area (Å²) >= 11 is 0. The molecule has 0 spiro atoms. The molecular weight excluding hydrogens is 194 g/mol. The van der Waals surface area contributed by atoms with E-state index in [1.807, 2.05) is 0 Å². The lowest BCUT2D eigenvalue weighted by Crippen LogP contribution is -2.26. The number of hydrogen-bond acceptors (Lipinski definition) is 2. The van der Waals surface area contributed by atoms with Crippen molar-refractivity contribution in [1.82, 2.24) is 4.90 Å².